The zero-order chi connectivity index (χ0) is 59.8. The normalized spacial score (nSPS) is 12.2. The van der Waals surface area contributed by atoms with E-state index in [1.165, 1.54) is 31.4 Å². The summed E-state index contributed by atoms with van der Waals surface area (Å²) in [5.74, 6) is -1.73. The number of amides is 2. The number of anilines is 3. The Morgan fingerprint density at radius 2 is 1.13 bits per heavy atom. The summed E-state index contributed by atoms with van der Waals surface area (Å²) in [6.45, 7) is 4.81. The number of benzene rings is 8. The Bertz CT molecular complexity index is 4290. The lowest BCUT2D eigenvalue weighted by Crippen LogP contribution is -2.16. The van der Waals surface area contributed by atoms with Crippen molar-refractivity contribution in [2.75, 3.05) is 48.2 Å². The predicted molar refractivity (Wildman–Crippen MR) is 312 cm³/mol. The van der Waals surface area contributed by atoms with Crippen LogP contribution in [0.5, 0.6) is 23.0 Å². The largest absolute Gasteiger partial charge is 0.505 e. The van der Waals surface area contributed by atoms with Crippen LogP contribution in [0.1, 0.15) is 50.2 Å². The van der Waals surface area contributed by atoms with E-state index in [9.17, 15) is 49.1 Å². The number of ether oxygens (including phenoxy) is 3. The van der Waals surface area contributed by atoms with Gasteiger partial charge in [0.05, 0.1) is 54.6 Å². The van der Waals surface area contributed by atoms with Gasteiger partial charge in [0.15, 0.2) is 5.75 Å². The zero-order valence-corrected chi connectivity index (χ0v) is 47.1. The van der Waals surface area contributed by atoms with Crippen LogP contribution in [-0.4, -0.2) is 87.7 Å². The summed E-state index contributed by atoms with van der Waals surface area (Å²) in [4.78, 5) is 25.9. The van der Waals surface area contributed by atoms with Crippen LogP contribution in [0.25, 0.3) is 21.5 Å². The first-order valence-corrected chi connectivity index (χ1v) is 29.6. The Labute approximate surface area is 476 Å². The average molecular weight is 1190 g/mol. The minimum absolute atomic E-state index is 0.0501. The minimum Gasteiger partial charge on any atom is -0.505 e. The quantitative estimate of drug-likeness (QED) is 0.0143. The molecule has 8 aromatic carbocycles. The fourth-order valence-corrected chi connectivity index (χ4v) is 9.94. The number of carbonyl (C=O) groups excluding carboxylic acids is 2. The number of hydrogen-bond acceptors (Lipinski definition) is 19. The van der Waals surface area contributed by atoms with E-state index in [0.29, 0.717) is 77.9 Å². The Morgan fingerprint density at radius 3 is 1.76 bits per heavy atom. The number of nitrogens with two attached hydrogens (primary N) is 1. The first-order valence-electron chi connectivity index (χ1n) is 25.0. The molecular weight excluding hydrogens is 1130 g/mol. The van der Waals surface area contributed by atoms with Crippen molar-refractivity contribution in [3.05, 3.63) is 155 Å². The van der Waals surface area contributed by atoms with Gasteiger partial charge in [-0.25, -0.2) is 0 Å². The molecule has 0 heterocycles. The Morgan fingerprint density at radius 1 is 0.542 bits per heavy atom. The number of nitrogens with zero attached hydrogens (tertiary/aromatic N) is 6. The molecule has 8 aromatic rings. The number of nitrogens with one attached hydrogen (secondary N) is 2. The number of aryl methyl sites for hydroxylation is 3. The second-order valence-corrected chi connectivity index (χ2v) is 23.2. The van der Waals surface area contributed by atoms with E-state index < -0.39 is 52.7 Å². The van der Waals surface area contributed by atoms with Gasteiger partial charge in [-0.2, -0.15) is 40.6 Å². The summed E-state index contributed by atoms with van der Waals surface area (Å²) in [6, 6.07) is 32.8. The molecule has 0 bridgehead atoms. The maximum atomic E-state index is 13.7. The van der Waals surface area contributed by atoms with E-state index >= 15 is 0 Å². The van der Waals surface area contributed by atoms with E-state index in [1.807, 2.05) is 0 Å². The number of azo groups is 3. The topological polar surface area (TPSA) is 369 Å². The molecule has 0 spiro atoms. The van der Waals surface area contributed by atoms with Gasteiger partial charge in [-0.15, -0.1) is 15.3 Å². The van der Waals surface area contributed by atoms with Crippen LogP contribution in [0.4, 0.5) is 51.2 Å². The monoisotopic (exact) mass is 1190 g/mol. The second-order valence-electron chi connectivity index (χ2n) is 18.7. The van der Waals surface area contributed by atoms with E-state index in [-0.39, 0.29) is 77.6 Å². The van der Waals surface area contributed by atoms with Crippen molar-refractivity contribution < 1.29 is 67.8 Å². The molecule has 0 aliphatic heterocycles. The molecule has 0 aromatic heterocycles. The highest BCUT2D eigenvalue weighted by atomic mass is 32.2. The number of carbonyl (C=O) groups is 2. The molecule has 0 aliphatic rings. The molecule has 2 amide bonds. The molecular formula is C56H53N9O15S3. The van der Waals surface area contributed by atoms with Crippen molar-refractivity contribution in [1.29, 1.82) is 0 Å². The van der Waals surface area contributed by atoms with Gasteiger partial charge in [0.2, 0.25) is 0 Å². The molecule has 83 heavy (non-hydrogen) atoms. The summed E-state index contributed by atoms with van der Waals surface area (Å²) < 4.78 is 116. The number of aromatic hydroxyl groups is 1. The molecule has 8 rings (SSSR count). The van der Waals surface area contributed by atoms with Gasteiger partial charge in [0.25, 0.3) is 42.2 Å². The molecule has 27 heteroatoms. The first-order chi connectivity index (χ1) is 39.3. The van der Waals surface area contributed by atoms with Crippen LogP contribution in [0.15, 0.2) is 163 Å². The van der Waals surface area contributed by atoms with Gasteiger partial charge in [-0.1, -0.05) is 18.2 Å². The third-order valence-electron chi connectivity index (χ3n) is 12.5. The van der Waals surface area contributed by atoms with Crippen molar-refractivity contribution >= 4 is 115 Å². The maximum Gasteiger partial charge on any atom is 0.296 e. The molecule has 24 nitrogen and oxygen atoms in total. The highest BCUT2D eigenvalue weighted by Crippen LogP contribution is 2.42. The Kier molecular flexibility index (Phi) is 18.2. The number of nitrogen functional groups attached to an aromatic ring is 1. The molecule has 0 unspecified atom stereocenters. The number of hydrogen-bond donors (Lipinski definition) is 7. The summed E-state index contributed by atoms with van der Waals surface area (Å²) in [7, 11) is -12.0. The lowest BCUT2D eigenvalue weighted by molar-refractivity contribution is 0.101. The number of methoxy groups -OCH3 is 1. The summed E-state index contributed by atoms with van der Waals surface area (Å²) in [6.07, 6.45) is -0.129. The minimum atomic E-state index is -4.88. The van der Waals surface area contributed by atoms with Crippen LogP contribution in [0.3, 0.4) is 0 Å². The molecule has 0 fully saturated rings. The predicted octanol–water partition coefficient (Wildman–Crippen LogP) is 12.5. The van der Waals surface area contributed by atoms with Gasteiger partial charge < -0.3 is 35.7 Å². The molecule has 0 atom stereocenters. The summed E-state index contributed by atoms with van der Waals surface area (Å²) in [5, 5.41) is 44.7. The molecule has 0 saturated carbocycles. The van der Waals surface area contributed by atoms with E-state index in [2.05, 4.69) is 41.3 Å². The van der Waals surface area contributed by atoms with Crippen LogP contribution < -0.4 is 30.6 Å². The average Bonchev–Trinajstić information content (AvgIpc) is 3.53. The van der Waals surface area contributed by atoms with Crippen LogP contribution >= 0.6 is 0 Å². The number of phenols is 1. The van der Waals surface area contributed by atoms with Crippen molar-refractivity contribution in [2.24, 2.45) is 30.7 Å². The lowest BCUT2D eigenvalue weighted by atomic mass is 10.1. The van der Waals surface area contributed by atoms with Gasteiger partial charge >= 0.3 is 0 Å². The highest BCUT2D eigenvalue weighted by molar-refractivity contribution is 7.86. The Balaban J connectivity index is 0.995. The molecule has 8 N–H and O–H groups in total. The zero-order valence-electron chi connectivity index (χ0n) is 44.6. The lowest BCUT2D eigenvalue weighted by Gasteiger charge is -2.15. The van der Waals surface area contributed by atoms with Crippen molar-refractivity contribution in [3.8, 4) is 23.0 Å². The molecule has 430 valence electrons. The van der Waals surface area contributed by atoms with Crippen LogP contribution in [0, 0.1) is 20.8 Å². The number of rotatable bonds is 22. The highest BCUT2D eigenvalue weighted by Gasteiger charge is 2.22. The van der Waals surface area contributed by atoms with E-state index in [4.69, 9.17) is 24.5 Å². The third-order valence-corrected chi connectivity index (χ3v) is 15.0. The third kappa shape index (κ3) is 15.6. The maximum absolute atomic E-state index is 13.7. The SMILES string of the molecule is COc1cc(N=Nc2cc(C)c(N=Nc3ccc(C(=O)Nc4cc5c(OCCCS(=O)(=O)O)cccc5cc4S(=O)(=O)O)c(C)c3)cc2OCCCS(=O)(=O)O)c(C)cc1N=Nc1ccc2cc(NC(=O)c3ccc(N)cc3)ccc2c1O. The van der Waals surface area contributed by atoms with Gasteiger partial charge in [-0.3, -0.25) is 23.2 Å². The fraction of sp³-hybridized carbons (Fsp3) is 0.179. The van der Waals surface area contributed by atoms with Gasteiger partial charge in [0, 0.05) is 45.4 Å². The standard InChI is InChI=1S/C56H53N9O15S3/c1-32-24-40(16-17-41(32)56(68)59-49-29-43-36(28-53(49)83(75,76)77)8-5-9-50(43)79-20-6-22-81(69,70)71)60-62-46-31-52(80-21-7-23-82(72,73)74)48(26-34(46)3)65-63-45-30-51(78-4)47(25-33(45)2)64-61-44-19-12-37-27-39(15-18-42(37)54(44)66)58-55(67)35-10-13-38(57)14-11-35/h5,8-19,24-31,66H,6-7,20-23,57H2,1-4H3,(H,58,67)(H,59,68)(H,69,70,71)(H,72,73,74)(H,75,76,77). The first kappa shape index (κ1) is 59.9. The number of phenolic OH excluding ortho intramolecular Hbond substituents is 1. The second kappa shape index (κ2) is 25.3. The van der Waals surface area contributed by atoms with Crippen molar-refractivity contribution in [3.63, 3.8) is 0 Å². The van der Waals surface area contributed by atoms with Crippen LogP contribution in [0.2, 0.25) is 0 Å². The van der Waals surface area contributed by atoms with Crippen molar-refractivity contribution in [1.82, 2.24) is 0 Å². The smallest absolute Gasteiger partial charge is 0.296 e. The summed E-state index contributed by atoms with van der Waals surface area (Å²) >= 11 is 0. The van der Waals surface area contributed by atoms with E-state index in [1.54, 1.807) is 118 Å². The fourth-order valence-electron chi connectivity index (χ4n) is 8.31. The number of fused-ring (bicyclic) bond motifs is 2. The Hall–Kier alpha value is -9.25. The van der Waals surface area contributed by atoms with Gasteiger partial charge in [-0.05, 0) is 158 Å². The van der Waals surface area contributed by atoms with Gasteiger partial charge in [0.1, 0.15) is 39.2 Å². The summed E-state index contributed by atoms with van der Waals surface area (Å²) in [5.41, 5.74) is 10.2. The molecule has 0 aliphatic carbocycles. The van der Waals surface area contributed by atoms with Crippen LogP contribution in [-0.2, 0) is 30.4 Å². The molecule has 0 saturated heterocycles. The van der Waals surface area contributed by atoms with Crippen molar-refractivity contribution in [2.45, 2.75) is 38.5 Å². The van der Waals surface area contributed by atoms with E-state index in [0.717, 1.165) is 6.07 Å². The molecule has 0 radical (unpaired) electrons.